The van der Waals surface area contributed by atoms with Gasteiger partial charge in [-0.1, -0.05) is 0 Å². The predicted molar refractivity (Wildman–Crippen MR) is 81.5 cm³/mol. The standard InChI is InChI=1S/C16H23N3O3/c20-15(18-7-1-2-8-18)13-17-6-4-9-19(11-10-17)16(21)14-5-3-12-22-14/h3,5,12H,1-2,4,6-11,13H2. The van der Waals surface area contributed by atoms with Crippen LogP contribution in [0.5, 0.6) is 0 Å². The molecule has 0 saturated carbocycles. The Morgan fingerprint density at radius 1 is 0.955 bits per heavy atom. The van der Waals surface area contributed by atoms with Crippen molar-refractivity contribution in [3.63, 3.8) is 0 Å². The predicted octanol–water partition coefficient (Wildman–Crippen LogP) is 1.05. The molecule has 0 bridgehead atoms. The van der Waals surface area contributed by atoms with Crippen molar-refractivity contribution in [3.05, 3.63) is 24.2 Å². The first-order valence-electron chi connectivity index (χ1n) is 8.07. The van der Waals surface area contributed by atoms with Gasteiger partial charge in [-0.25, -0.2) is 0 Å². The van der Waals surface area contributed by atoms with E-state index in [-0.39, 0.29) is 11.8 Å². The second-order valence-electron chi connectivity index (χ2n) is 5.99. The van der Waals surface area contributed by atoms with Crippen LogP contribution in [-0.4, -0.2) is 72.3 Å². The van der Waals surface area contributed by atoms with Crippen molar-refractivity contribution in [2.45, 2.75) is 19.3 Å². The van der Waals surface area contributed by atoms with E-state index in [2.05, 4.69) is 4.90 Å². The topological polar surface area (TPSA) is 57.0 Å². The Balaban J connectivity index is 1.51. The Morgan fingerprint density at radius 3 is 2.45 bits per heavy atom. The Morgan fingerprint density at radius 2 is 1.73 bits per heavy atom. The van der Waals surface area contributed by atoms with Crippen LogP contribution in [-0.2, 0) is 4.79 Å². The fourth-order valence-corrected chi connectivity index (χ4v) is 3.15. The lowest BCUT2D eigenvalue weighted by Crippen LogP contribution is -2.41. The second kappa shape index (κ2) is 6.96. The summed E-state index contributed by atoms with van der Waals surface area (Å²) in [6.07, 6.45) is 4.65. The third kappa shape index (κ3) is 3.50. The first kappa shape index (κ1) is 15.1. The molecule has 2 aliphatic rings. The maximum absolute atomic E-state index is 12.3. The summed E-state index contributed by atoms with van der Waals surface area (Å²) in [6.45, 7) is 5.24. The van der Waals surface area contributed by atoms with E-state index in [9.17, 15) is 9.59 Å². The van der Waals surface area contributed by atoms with E-state index in [1.165, 1.54) is 6.26 Å². The summed E-state index contributed by atoms with van der Waals surface area (Å²) < 4.78 is 5.18. The van der Waals surface area contributed by atoms with Crippen LogP contribution in [0.4, 0.5) is 0 Å². The van der Waals surface area contributed by atoms with Crippen LogP contribution >= 0.6 is 0 Å². The molecule has 6 heteroatoms. The minimum absolute atomic E-state index is 0.0577. The molecular formula is C16H23N3O3. The molecule has 2 saturated heterocycles. The Kier molecular flexibility index (Phi) is 4.77. The van der Waals surface area contributed by atoms with Gasteiger partial charge in [-0.05, 0) is 31.4 Å². The summed E-state index contributed by atoms with van der Waals surface area (Å²) in [5.74, 6) is 0.558. The highest BCUT2D eigenvalue weighted by molar-refractivity contribution is 5.91. The number of hydrogen-bond donors (Lipinski definition) is 0. The fourth-order valence-electron chi connectivity index (χ4n) is 3.15. The molecule has 2 amide bonds. The summed E-state index contributed by atoms with van der Waals surface area (Å²) >= 11 is 0. The van der Waals surface area contributed by atoms with E-state index in [1.807, 2.05) is 9.80 Å². The van der Waals surface area contributed by atoms with Gasteiger partial charge < -0.3 is 14.2 Å². The first-order chi connectivity index (χ1) is 10.7. The van der Waals surface area contributed by atoms with Crippen LogP contribution in [0.2, 0.25) is 0 Å². The third-order valence-corrected chi connectivity index (χ3v) is 4.43. The minimum atomic E-state index is -0.0577. The Bertz CT molecular complexity index is 509. The largest absolute Gasteiger partial charge is 0.459 e. The van der Waals surface area contributed by atoms with Crippen molar-refractivity contribution in [2.24, 2.45) is 0 Å². The van der Waals surface area contributed by atoms with Gasteiger partial charge in [0.2, 0.25) is 5.91 Å². The van der Waals surface area contributed by atoms with Gasteiger partial charge in [0, 0.05) is 39.3 Å². The summed E-state index contributed by atoms with van der Waals surface area (Å²) in [7, 11) is 0. The normalized spacial score (nSPS) is 20.2. The van der Waals surface area contributed by atoms with Gasteiger partial charge in [-0.2, -0.15) is 0 Å². The molecule has 3 rings (SSSR count). The molecule has 22 heavy (non-hydrogen) atoms. The number of rotatable bonds is 3. The summed E-state index contributed by atoms with van der Waals surface area (Å²) in [5, 5.41) is 0. The lowest BCUT2D eigenvalue weighted by Gasteiger charge is -2.23. The van der Waals surface area contributed by atoms with Crippen LogP contribution in [0.25, 0.3) is 0 Å². The summed E-state index contributed by atoms with van der Waals surface area (Å²) in [5.41, 5.74) is 0. The maximum atomic E-state index is 12.3. The van der Waals surface area contributed by atoms with Crippen molar-refractivity contribution < 1.29 is 14.0 Å². The molecule has 2 fully saturated rings. The molecule has 1 aromatic rings. The van der Waals surface area contributed by atoms with Gasteiger partial charge in [-0.15, -0.1) is 0 Å². The van der Waals surface area contributed by atoms with Gasteiger partial charge in [0.05, 0.1) is 12.8 Å². The number of carbonyl (C=O) groups excluding carboxylic acids is 2. The second-order valence-corrected chi connectivity index (χ2v) is 5.99. The van der Waals surface area contributed by atoms with Crippen LogP contribution in [0.3, 0.4) is 0 Å². The molecule has 0 N–H and O–H groups in total. The molecule has 1 aromatic heterocycles. The van der Waals surface area contributed by atoms with Crippen molar-refractivity contribution in [3.8, 4) is 0 Å². The summed E-state index contributed by atoms with van der Waals surface area (Å²) in [6, 6.07) is 3.42. The van der Waals surface area contributed by atoms with E-state index < -0.39 is 0 Å². The molecule has 0 aliphatic carbocycles. The van der Waals surface area contributed by atoms with Crippen LogP contribution in [0.1, 0.15) is 29.8 Å². The average Bonchev–Trinajstić information content (AvgIpc) is 3.18. The van der Waals surface area contributed by atoms with E-state index in [1.54, 1.807) is 12.1 Å². The quantitative estimate of drug-likeness (QED) is 0.837. The zero-order chi connectivity index (χ0) is 15.4. The van der Waals surface area contributed by atoms with Gasteiger partial charge in [0.1, 0.15) is 0 Å². The molecule has 2 aliphatic heterocycles. The average molecular weight is 305 g/mol. The number of amides is 2. The molecular weight excluding hydrogens is 282 g/mol. The number of carbonyl (C=O) groups is 2. The van der Waals surface area contributed by atoms with E-state index >= 15 is 0 Å². The zero-order valence-electron chi connectivity index (χ0n) is 12.9. The number of nitrogens with zero attached hydrogens (tertiary/aromatic N) is 3. The lowest BCUT2D eigenvalue weighted by atomic mass is 10.3. The van der Waals surface area contributed by atoms with Gasteiger partial charge >= 0.3 is 0 Å². The molecule has 0 aromatic carbocycles. The Hall–Kier alpha value is -1.82. The number of likely N-dealkylation sites (tertiary alicyclic amines) is 1. The van der Waals surface area contributed by atoms with Crippen molar-refractivity contribution in [1.29, 1.82) is 0 Å². The van der Waals surface area contributed by atoms with Gasteiger partial charge in [0.25, 0.3) is 5.91 Å². The fraction of sp³-hybridized carbons (Fsp3) is 0.625. The minimum Gasteiger partial charge on any atom is -0.459 e. The Labute approximate surface area is 130 Å². The zero-order valence-corrected chi connectivity index (χ0v) is 12.9. The van der Waals surface area contributed by atoms with E-state index in [0.717, 1.165) is 45.4 Å². The molecule has 3 heterocycles. The SMILES string of the molecule is O=C(CN1CCCN(C(=O)c2ccco2)CC1)N1CCCC1. The third-order valence-electron chi connectivity index (χ3n) is 4.43. The molecule has 0 radical (unpaired) electrons. The smallest absolute Gasteiger partial charge is 0.289 e. The van der Waals surface area contributed by atoms with Crippen LogP contribution in [0.15, 0.2) is 22.8 Å². The van der Waals surface area contributed by atoms with E-state index in [0.29, 0.717) is 25.4 Å². The van der Waals surface area contributed by atoms with Crippen molar-refractivity contribution >= 4 is 11.8 Å². The highest BCUT2D eigenvalue weighted by Crippen LogP contribution is 2.11. The molecule has 0 unspecified atom stereocenters. The molecule has 0 spiro atoms. The van der Waals surface area contributed by atoms with Gasteiger partial charge in [0.15, 0.2) is 5.76 Å². The van der Waals surface area contributed by atoms with Crippen molar-refractivity contribution in [2.75, 3.05) is 45.8 Å². The lowest BCUT2D eigenvalue weighted by molar-refractivity contribution is -0.131. The summed E-state index contributed by atoms with van der Waals surface area (Å²) in [4.78, 5) is 30.4. The number of furan rings is 1. The van der Waals surface area contributed by atoms with Crippen molar-refractivity contribution in [1.82, 2.24) is 14.7 Å². The molecule has 120 valence electrons. The van der Waals surface area contributed by atoms with Gasteiger partial charge in [-0.3, -0.25) is 14.5 Å². The molecule has 6 nitrogen and oxygen atoms in total. The monoisotopic (exact) mass is 305 g/mol. The number of hydrogen-bond acceptors (Lipinski definition) is 4. The maximum Gasteiger partial charge on any atom is 0.289 e. The highest BCUT2D eigenvalue weighted by atomic mass is 16.3. The van der Waals surface area contributed by atoms with E-state index in [4.69, 9.17) is 4.42 Å². The van der Waals surface area contributed by atoms with Crippen LogP contribution in [0, 0.1) is 0 Å². The van der Waals surface area contributed by atoms with Crippen LogP contribution < -0.4 is 0 Å². The molecule has 0 atom stereocenters. The first-order valence-corrected chi connectivity index (χ1v) is 8.07. The highest BCUT2D eigenvalue weighted by Gasteiger charge is 2.25.